The molecule has 1 fully saturated rings. The first-order chi connectivity index (χ1) is 24.2. The molecule has 298 valence electrons. The van der Waals surface area contributed by atoms with Gasteiger partial charge in [-0.1, -0.05) is 55.4 Å². The Morgan fingerprint density at radius 1 is 0.887 bits per heavy atom. The number of amides is 1. The molecule has 0 unspecified atom stereocenters. The number of fused-ring (bicyclic) bond motifs is 3. The van der Waals surface area contributed by atoms with Crippen molar-refractivity contribution in [2.45, 2.75) is 168 Å². The van der Waals surface area contributed by atoms with Crippen molar-refractivity contribution in [2.24, 2.45) is 0 Å². The Bertz CT molecular complexity index is 1550. The number of ether oxygens (including phenoxy) is 2. The summed E-state index contributed by atoms with van der Waals surface area (Å²) in [4.78, 5) is 24.2. The van der Waals surface area contributed by atoms with Crippen LogP contribution >= 0.6 is 0 Å². The Morgan fingerprint density at radius 2 is 1.43 bits per heavy atom. The number of aromatic nitrogens is 2. The average molecular weight is 770 g/mol. The number of nitrogen functional groups attached to an aromatic ring is 1. The fraction of sp³-hybridized carbons (Fsp3) is 0.732. The molecule has 3 N–H and O–H groups in total. The first-order valence-electron chi connectivity index (χ1n) is 19.7. The van der Waals surface area contributed by atoms with E-state index in [9.17, 15) is 4.79 Å². The third-order valence-corrected chi connectivity index (χ3v) is 21.0. The maximum atomic E-state index is 12.5. The lowest BCUT2D eigenvalue weighted by Crippen LogP contribution is -2.45. The zero-order valence-electron chi connectivity index (χ0n) is 35.7. The van der Waals surface area contributed by atoms with Crippen LogP contribution in [-0.2, 0) is 25.4 Å². The predicted molar refractivity (Wildman–Crippen MR) is 223 cm³/mol. The van der Waals surface area contributed by atoms with Gasteiger partial charge in [-0.15, -0.1) is 0 Å². The van der Waals surface area contributed by atoms with Gasteiger partial charge in [0, 0.05) is 30.3 Å². The fourth-order valence-corrected chi connectivity index (χ4v) is 8.90. The Hall–Kier alpha value is -2.68. The summed E-state index contributed by atoms with van der Waals surface area (Å²) in [6, 6.07) is 4.34. The number of hydrogen-bond acceptors (Lipinski definition) is 9. The van der Waals surface area contributed by atoms with Crippen molar-refractivity contribution in [1.82, 2.24) is 15.3 Å². The van der Waals surface area contributed by atoms with E-state index in [1.165, 1.54) is 5.56 Å². The third kappa shape index (κ3) is 10.6. The highest BCUT2D eigenvalue weighted by Gasteiger charge is 2.41. The average Bonchev–Trinajstić information content (AvgIpc) is 2.99. The molecular formula is C41H71N5O5Si2. The number of rotatable bonds is 12. The summed E-state index contributed by atoms with van der Waals surface area (Å²) in [5, 5.41) is 3.29. The fourth-order valence-electron chi connectivity index (χ4n) is 6.83. The molecule has 1 saturated carbocycles. The van der Waals surface area contributed by atoms with Gasteiger partial charge in [0.05, 0.1) is 30.7 Å². The van der Waals surface area contributed by atoms with Crippen LogP contribution in [0.5, 0.6) is 5.75 Å². The third-order valence-electron chi connectivity index (χ3n) is 11.9. The van der Waals surface area contributed by atoms with E-state index in [1.54, 1.807) is 6.33 Å². The summed E-state index contributed by atoms with van der Waals surface area (Å²) in [5.74, 6) is 1.40. The molecule has 0 radical (unpaired) electrons. The molecule has 2 aliphatic carbocycles. The molecule has 10 nitrogen and oxygen atoms in total. The zero-order chi connectivity index (χ0) is 39.8. The number of nitrogens with zero attached hydrogens (tertiary/aromatic N) is 3. The van der Waals surface area contributed by atoms with Crippen LogP contribution in [0.4, 0.5) is 16.3 Å². The van der Waals surface area contributed by atoms with Crippen LogP contribution in [0.15, 0.2) is 18.5 Å². The smallest absolute Gasteiger partial charge is 0.407 e. The van der Waals surface area contributed by atoms with Gasteiger partial charge in [0.25, 0.3) is 0 Å². The second-order valence-corrected chi connectivity index (χ2v) is 29.5. The van der Waals surface area contributed by atoms with E-state index in [0.29, 0.717) is 32.1 Å². The molecular weight excluding hydrogens is 699 g/mol. The first kappa shape index (κ1) is 43.1. The van der Waals surface area contributed by atoms with Crippen LogP contribution in [0.2, 0.25) is 36.3 Å². The SMILES string of the molecule is CC(C)(C)OC(=O)NC1CCC(Oc2ccc3c(c2N(CCO[Si](C)(C)C(C)(C)C)CCO[Si](C)(C)C(C)(C)C)CC(C)(C)c2c(N)ncnc2-3)CC1. The molecule has 12 heteroatoms. The van der Waals surface area contributed by atoms with Gasteiger partial charge in [0.1, 0.15) is 23.5 Å². The van der Waals surface area contributed by atoms with E-state index in [1.807, 2.05) is 20.8 Å². The summed E-state index contributed by atoms with van der Waals surface area (Å²) in [6.45, 7) is 35.7. The highest BCUT2D eigenvalue weighted by Crippen LogP contribution is 2.50. The standard InChI is InChI=1S/C41H71N5O5Si2/c1-38(2,3)51-37(47)45-28-16-18-29(19-17-28)50-32-21-20-30-31(26-41(10,11)33-34(30)43-27-44-36(33)42)35(32)46(22-24-48-52(12,13)39(4,5)6)23-25-49-53(14,15)40(7,8)9/h20-21,27-29H,16-19,22-26H2,1-15H3,(H,45,47)(H2,42,43,44). The lowest BCUT2D eigenvalue weighted by molar-refractivity contribution is 0.0471. The van der Waals surface area contributed by atoms with Gasteiger partial charge in [-0.2, -0.15) is 0 Å². The van der Waals surface area contributed by atoms with Crippen LogP contribution in [-0.4, -0.2) is 76.7 Å². The van der Waals surface area contributed by atoms with E-state index < -0.39 is 22.2 Å². The Balaban J connectivity index is 1.73. The second-order valence-electron chi connectivity index (χ2n) is 19.9. The van der Waals surface area contributed by atoms with Crippen LogP contribution in [0, 0.1) is 0 Å². The number of nitrogens with one attached hydrogen (secondary N) is 1. The largest absolute Gasteiger partial charge is 0.488 e. The van der Waals surface area contributed by atoms with E-state index in [-0.39, 0.29) is 33.7 Å². The molecule has 0 spiro atoms. The number of anilines is 2. The predicted octanol–water partition coefficient (Wildman–Crippen LogP) is 9.62. The first-order valence-corrected chi connectivity index (χ1v) is 25.5. The number of hydrogen-bond donors (Lipinski definition) is 2. The molecule has 1 heterocycles. The number of carbonyl (C=O) groups excluding carboxylic acids is 1. The van der Waals surface area contributed by atoms with Crippen molar-refractivity contribution in [3.05, 3.63) is 29.6 Å². The lowest BCUT2D eigenvalue weighted by atomic mass is 9.71. The molecule has 2 aliphatic rings. The van der Waals surface area contributed by atoms with Gasteiger partial charge in [0.2, 0.25) is 0 Å². The van der Waals surface area contributed by atoms with Crippen molar-refractivity contribution in [2.75, 3.05) is 36.9 Å². The molecule has 53 heavy (non-hydrogen) atoms. The summed E-state index contributed by atoms with van der Waals surface area (Å²) < 4.78 is 26.2. The van der Waals surface area contributed by atoms with Crippen molar-refractivity contribution < 1.29 is 23.1 Å². The van der Waals surface area contributed by atoms with Crippen LogP contribution in [0.25, 0.3) is 11.3 Å². The van der Waals surface area contributed by atoms with Crippen LogP contribution in [0.3, 0.4) is 0 Å². The molecule has 1 aromatic heterocycles. The van der Waals surface area contributed by atoms with Gasteiger partial charge >= 0.3 is 6.09 Å². The van der Waals surface area contributed by atoms with Crippen LogP contribution < -0.4 is 20.7 Å². The van der Waals surface area contributed by atoms with Crippen LogP contribution in [0.1, 0.15) is 113 Å². The van der Waals surface area contributed by atoms with Gasteiger partial charge in [-0.05, 0) is 112 Å². The summed E-state index contributed by atoms with van der Waals surface area (Å²) in [5.41, 5.74) is 11.0. The van der Waals surface area contributed by atoms with Gasteiger partial charge in [-0.25, -0.2) is 14.8 Å². The number of alkyl carbamates (subject to hydrolysis) is 1. The monoisotopic (exact) mass is 769 g/mol. The minimum Gasteiger partial charge on any atom is -0.488 e. The molecule has 2 aromatic rings. The molecule has 4 rings (SSSR count). The van der Waals surface area contributed by atoms with Crippen molar-refractivity contribution in [3.63, 3.8) is 0 Å². The number of nitrogens with two attached hydrogens (primary N) is 1. The normalized spacial score (nSPS) is 19.2. The van der Waals surface area contributed by atoms with Crippen molar-refractivity contribution in [3.8, 4) is 17.0 Å². The summed E-state index contributed by atoms with van der Waals surface area (Å²) in [7, 11) is -3.99. The summed E-state index contributed by atoms with van der Waals surface area (Å²) >= 11 is 0. The number of carbonyl (C=O) groups is 1. The Labute approximate surface area is 323 Å². The molecule has 1 aromatic carbocycles. The van der Waals surface area contributed by atoms with Crippen molar-refractivity contribution in [1.29, 1.82) is 0 Å². The molecule has 0 bridgehead atoms. The molecule has 0 saturated heterocycles. The molecule has 1 amide bonds. The topological polar surface area (TPSA) is 121 Å². The van der Waals surface area contributed by atoms with E-state index in [0.717, 1.165) is 60.4 Å². The van der Waals surface area contributed by atoms with Crippen molar-refractivity contribution >= 4 is 34.2 Å². The maximum Gasteiger partial charge on any atom is 0.407 e. The Kier molecular flexibility index (Phi) is 12.9. The van der Waals surface area contributed by atoms with Gasteiger partial charge in [-0.3, -0.25) is 0 Å². The minimum atomic E-state index is -2.00. The van der Waals surface area contributed by atoms with E-state index in [4.69, 9.17) is 29.0 Å². The quantitative estimate of drug-likeness (QED) is 0.203. The highest BCUT2D eigenvalue weighted by molar-refractivity contribution is 6.74. The highest BCUT2D eigenvalue weighted by atomic mass is 28.4. The lowest BCUT2D eigenvalue weighted by Gasteiger charge is -2.41. The van der Waals surface area contributed by atoms with E-state index in [2.05, 4.69) is 109 Å². The van der Waals surface area contributed by atoms with Gasteiger partial charge < -0.3 is 34.3 Å². The molecule has 0 aliphatic heterocycles. The maximum absolute atomic E-state index is 12.5. The number of benzene rings is 1. The molecule has 0 atom stereocenters. The minimum absolute atomic E-state index is 0.0131. The summed E-state index contributed by atoms with van der Waals surface area (Å²) in [6.07, 6.45) is 5.30. The van der Waals surface area contributed by atoms with Gasteiger partial charge in [0.15, 0.2) is 16.6 Å². The Morgan fingerprint density at radius 3 is 1.94 bits per heavy atom. The van der Waals surface area contributed by atoms with E-state index >= 15 is 0 Å². The zero-order valence-corrected chi connectivity index (χ0v) is 37.7. The second kappa shape index (κ2) is 15.8.